The van der Waals surface area contributed by atoms with E-state index in [1.54, 1.807) is 6.20 Å². The molecule has 1 aliphatic rings. The topological polar surface area (TPSA) is 42.2 Å². The lowest BCUT2D eigenvalue weighted by Gasteiger charge is -2.25. The van der Waals surface area contributed by atoms with Crippen molar-refractivity contribution in [2.24, 2.45) is 0 Å². The van der Waals surface area contributed by atoms with Crippen molar-refractivity contribution < 1.29 is 0 Å². The third-order valence-corrected chi connectivity index (χ3v) is 4.25. The molecule has 4 nitrogen and oxygen atoms in total. The molecular weight excluding hydrogens is 292 g/mol. The first kappa shape index (κ1) is 12.1. The average molecular weight is 309 g/mol. The van der Waals surface area contributed by atoms with E-state index < -0.39 is 0 Å². The van der Waals surface area contributed by atoms with Crippen molar-refractivity contribution in [3.8, 4) is 0 Å². The number of nitrogens with one attached hydrogen (secondary N) is 1. The zero-order valence-corrected chi connectivity index (χ0v) is 12.1. The minimum absolute atomic E-state index is 0.300. The summed E-state index contributed by atoms with van der Waals surface area (Å²) in [5.41, 5.74) is 2.38. The van der Waals surface area contributed by atoms with Gasteiger partial charge in [-0.3, -0.25) is 4.40 Å². The van der Waals surface area contributed by atoms with Gasteiger partial charge in [0.15, 0.2) is 5.65 Å². The molecule has 0 atom stereocenters. The first-order valence-electron chi connectivity index (χ1n) is 6.39. The highest BCUT2D eigenvalue weighted by Gasteiger charge is 2.27. The molecule has 18 heavy (non-hydrogen) atoms. The second-order valence-electron chi connectivity index (χ2n) is 5.31. The van der Waals surface area contributed by atoms with Gasteiger partial charge in [0.05, 0.1) is 18.1 Å². The fourth-order valence-electron chi connectivity index (χ4n) is 2.68. The summed E-state index contributed by atoms with van der Waals surface area (Å²) < 4.78 is 2.92. The minimum atomic E-state index is 0.300. The summed E-state index contributed by atoms with van der Waals surface area (Å²) in [5.74, 6) is 0. The SMILES string of the molecule is CC1(NCc2cnc3cnc(Br)cn23)CCCC1. The number of hydrogen-bond donors (Lipinski definition) is 1. The Morgan fingerprint density at radius 1 is 1.33 bits per heavy atom. The summed E-state index contributed by atoms with van der Waals surface area (Å²) in [6.07, 6.45) is 10.9. The molecule has 1 aliphatic carbocycles. The van der Waals surface area contributed by atoms with Gasteiger partial charge in [0.2, 0.25) is 0 Å². The molecule has 0 aliphatic heterocycles. The van der Waals surface area contributed by atoms with Gasteiger partial charge in [-0.15, -0.1) is 0 Å². The molecule has 5 heteroatoms. The molecule has 1 fully saturated rings. The van der Waals surface area contributed by atoms with E-state index in [0.29, 0.717) is 5.54 Å². The Labute approximate surface area is 115 Å². The van der Waals surface area contributed by atoms with Crippen molar-refractivity contribution in [3.05, 3.63) is 28.9 Å². The van der Waals surface area contributed by atoms with Gasteiger partial charge in [0, 0.05) is 18.3 Å². The predicted octanol–water partition coefficient (Wildman–Crippen LogP) is 2.91. The third kappa shape index (κ3) is 2.29. The monoisotopic (exact) mass is 308 g/mol. The van der Waals surface area contributed by atoms with Crippen molar-refractivity contribution in [3.63, 3.8) is 0 Å². The second kappa shape index (κ2) is 4.63. The van der Waals surface area contributed by atoms with Crippen LogP contribution in [0.2, 0.25) is 0 Å². The van der Waals surface area contributed by atoms with Crippen LogP contribution in [0.4, 0.5) is 0 Å². The van der Waals surface area contributed by atoms with Crippen molar-refractivity contribution >= 4 is 21.6 Å². The van der Waals surface area contributed by atoms with Crippen molar-refractivity contribution in [1.29, 1.82) is 0 Å². The van der Waals surface area contributed by atoms with E-state index in [1.807, 2.05) is 12.4 Å². The molecule has 0 bridgehead atoms. The molecule has 0 saturated heterocycles. The largest absolute Gasteiger partial charge is 0.306 e. The molecular formula is C13H17BrN4. The number of rotatable bonds is 3. The molecule has 3 rings (SSSR count). The zero-order valence-electron chi connectivity index (χ0n) is 10.5. The van der Waals surface area contributed by atoms with Crippen LogP contribution < -0.4 is 5.32 Å². The lowest BCUT2D eigenvalue weighted by molar-refractivity contribution is 0.360. The van der Waals surface area contributed by atoms with Crippen LogP contribution in [0.1, 0.15) is 38.3 Å². The highest BCUT2D eigenvalue weighted by Crippen LogP contribution is 2.29. The van der Waals surface area contributed by atoms with Crippen LogP contribution in [0.3, 0.4) is 0 Å². The van der Waals surface area contributed by atoms with Crippen LogP contribution in [0.25, 0.3) is 5.65 Å². The Balaban J connectivity index is 1.80. The number of aromatic nitrogens is 3. The van der Waals surface area contributed by atoms with Gasteiger partial charge in [0.25, 0.3) is 0 Å². The van der Waals surface area contributed by atoms with E-state index in [4.69, 9.17) is 0 Å². The maximum Gasteiger partial charge on any atom is 0.155 e. The first-order valence-corrected chi connectivity index (χ1v) is 7.18. The Bertz CT molecular complexity index is 557. The lowest BCUT2D eigenvalue weighted by atomic mass is 10.0. The van der Waals surface area contributed by atoms with Crippen molar-refractivity contribution in [1.82, 2.24) is 19.7 Å². The number of fused-ring (bicyclic) bond motifs is 1. The van der Waals surface area contributed by atoms with E-state index in [1.165, 1.54) is 31.4 Å². The third-order valence-electron chi connectivity index (χ3n) is 3.84. The Morgan fingerprint density at radius 3 is 2.89 bits per heavy atom. The number of hydrogen-bond acceptors (Lipinski definition) is 3. The Kier molecular flexibility index (Phi) is 3.11. The first-order chi connectivity index (χ1) is 8.66. The second-order valence-corrected chi connectivity index (χ2v) is 6.12. The summed E-state index contributed by atoms with van der Waals surface area (Å²) in [6.45, 7) is 3.18. The highest BCUT2D eigenvalue weighted by molar-refractivity contribution is 9.10. The molecule has 0 amide bonds. The summed E-state index contributed by atoms with van der Waals surface area (Å²) in [6, 6.07) is 0. The van der Waals surface area contributed by atoms with E-state index in [0.717, 1.165) is 16.8 Å². The molecule has 0 unspecified atom stereocenters. The van der Waals surface area contributed by atoms with Crippen LogP contribution in [-0.4, -0.2) is 19.9 Å². The summed E-state index contributed by atoms with van der Waals surface area (Å²) in [5, 5.41) is 3.68. The van der Waals surface area contributed by atoms with Gasteiger partial charge in [-0.1, -0.05) is 12.8 Å². The number of imidazole rings is 1. The van der Waals surface area contributed by atoms with Gasteiger partial charge < -0.3 is 5.32 Å². The normalized spacial score (nSPS) is 18.6. The fraction of sp³-hybridized carbons (Fsp3) is 0.538. The van der Waals surface area contributed by atoms with Gasteiger partial charge >= 0.3 is 0 Å². The molecule has 0 radical (unpaired) electrons. The number of nitrogens with zero attached hydrogens (tertiary/aromatic N) is 3. The zero-order chi connectivity index (χ0) is 12.6. The van der Waals surface area contributed by atoms with Gasteiger partial charge in [-0.05, 0) is 35.7 Å². The van der Waals surface area contributed by atoms with Crippen molar-refractivity contribution in [2.75, 3.05) is 0 Å². The van der Waals surface area contributed by atoms with E-state index in [9.17, 15) is 0 Å². The molecule has 2 heterocycles. The standard InChI is InChI=1S/C13H17BrN4/c1-13(4-2-3-5-13)17-7-10-6-16-12-8-15-11(14)9-18(10)12/h6,8-9,17H,2-5,7H2,1H3. The Hall–Kier alpha value is -0.940. The fourth-order valence-corrected chi connectivity index (χ4v) is 2.99. The molecule has 96 valence electrons. The van der Waals surface area contributed by atoms with Crippen molar-refractivity contribution in [2.45, 2.75) is 44.7 Å². The van der Waals surface area contributed by atoms with Crippen LogP contribution in [0.15, 0.2) is 23.2 Å². The Morgan fingerprint density at radius 2 is 2.11 bits per heavy atom. The maximum absolute atomic E-state index is 4.37. The molecule has 2 aromatic rings. The van der Waals surface area contributed by atoms with Gasteiger partial charge in [-0.25, -0.2) is 9.97 Å². The number of halogens is 1. The summed E-state index contributed by atoms with van der Waals surface area (Å²) >= 11 is 3.40. The van der Waals surface area contributed by atoms with Crippen LogP contribution >= 0.6 is 15.9 Å². The van der Waals surface area contributed by atoms with E-state index in [2.05, 4.69) is 42.5 Å². The summed E-state index contributed by atoms with van der Waals surface area (Å²) in [4.78, 5) is 8.55. The van der Waals surface area contributed by atoms with Crippen LogP contribution in [0.5, 0.6) is 0 Å². The van der Waals surface area contributed by atoms with Gasteiger partial charge in [0.1, 0.15) is 4.60 Å². The smallest absolute Gasteiger partial charge is 0.155 e. The average Bonchev–Trinajstić information content (AvgIpc) is 2.94. The molecule has 0 aromatic carbocycles. The van der Waals surface area contributed by atoms with E-state index in [-0.39, 0.29) is 0 Å². The molecule has 1 saturated carbocycles. The van der Waals surface area contributed by atoms with Crippen LogP contribution in [0, 0.1) is 0 Å². The summed E-state index contributed by atoms with van der Waals surface area (Å²) in [7, 11) is 0. The minimum Gasteiger partial charge on any atom is -0.306 e. The lowest BCUT2D eigenvalue weighted by Crippen LogP contribution is -2.39. The predicted molar refractivity (Wildman–Crippen MR) is 74.4 cm³/mol. The van der Waals surface area contributed by atoms with E-state index >= 15 is 0 Å². The highest BCUT2D eigenvalue weighted by atomic mass is 79.9. The quantitative estimate of drug-likeness (QED) is 0.948. The molecule has 0 spiro atoms. The molecule has 2 aromatic heterocycles. The molecule has 1 N–H and O–H groups in total. The van der Waals surface area contributed by atoms with Crippen LogP contribution in [-0.2, 0) is 6.54 Å². The van der Waals surface area contributed by atoms with Gasteiger partial charge in [-0.2, -0.15) is 0 Å². The maximum atomic E-state index is 4.37.